The molecule has 2 aromatic rings. The molecule has 7 nitrogen and oxygen atoms in total. The van der Waals surface area contributed by atoms with Crippen LogP contribution in [0.5, 0.6) is 0 Å². The number of hydrogen-bond acceptors (Lipinski definition) is 5. The first-order valence-electron chi connectivity index (χ1n) is 8.90. The van der Waals surface area contributed by atoms with Crippen LogP contribution in [0.25, 0.3) is 10.9 Å². The van der Waals surface area contributed by atoms with Gasteiger partial charge in [0.1, 0.15) is 5.82 Å². The van der Waals surface area contributed by atoms with Gasteiger partial charge in [-0.3, -0.25) is 9.36 Å². The number of aryl methyl sites for hydroxylation is 1. The highest BCUT2D eigenvalue weighted by molar-refractivity contribution is 5.87. The molecule has 1 aliphatic heterocycles. The van der Waals surface area contributed by atoms with Crippen LogP contribution >= 0.6 is 0 Å². The average Bonchev–Trinajstić information content (AvgIpc) is 3.30. The van der Waals surface area contributed by atoms with Gasteiger partial charge in [-0.05, 0) is 45.1 Å². The van der Waals surface area contributed by atoms with Crippen LogP contribution in [0.2, 0.25) is 0 Å². The maximum absolute atomic E-state index is 15.0. The van der Waals surface area contributed by atoms with Gasteiger partial charge in [0.15, 0.2) is 0 Å². The number of anilines is 1. The molecule has 0 spiro atoms. The lowest BCUT2D eigenvalue weighted by atomic mass is 10.0. The Labute approximate surface area is 150 Å². The Morgan fingerprint density at radius 3 is 2.58 bits per heavy atom. The summed E-state index contributed by atoms with van der Waals surface area (Å²) in [4.78, 5) is 26.9. The smallest absolute Gasteiger partial charge is 0.350 e. The summed E-state index contributed by atoms with van der Waals surface area (Å²) < 4.78 is 17.1. The molecule has 2 atom stereocenters. The highest BCUT2D eigenvalue weighted by atomic mass is 19.1. The van der Waals surface area contributed by atoms with Crippen molar-refractivity contribution in [2.24, 2.45) is 11.7 Å². The van der Waals surface area contributed by atoms with Crippen LogP contribution in [0.3, 0.4) is 0 Å². The van der Waals surface area contributed by atoms with Crippen molar-refractivity contribution >= 4 is 16.6 Å². The number of nitrogens with two attached hydrogens (primary N) is 2. The van der Waals surface area contributed by atoms with Crippen LogP contribution in [0, 0.1) is 25.6 Å². The van der Waals surface area contributed by atoms with Crippen LogP contribution in [0.1, 0.15) is 30.9 Å². The Morgan fingerprint density at radius 1 is 1.31 bits per heavy atom. The summed E-state index contributed by atoms with van der Waals surface area (Å²) in [7, 11) is 0. The third kappa shape index (κ3) is 2.43. The standard InChI is InChI=1S/C18H23FN5O2/c1-9-15-13(17(25)24(21)18(26)23(15)12-3-4-12)7-14(19)16(9)22-6-5-11(8-22)10(2)20/h7,10-12H,2-6,8,20-21H2,1H3/t10-,11+/m0/s1. The van der Waals surface area contributed by atoms with Crippen LogP contribution in [-0.2, 0) is 0 Å². The molecule has 139 valence electrons. The van der Waals surface area contributed by atoms with E-state index < -0.39 is 17.1 Å². The number of hydrogen-bond donors (Lipinski definition) is 2. The molecule has 1 radical (unpaired) electrons. The van der Waals surface area contributed by atoms with E-state index in [1.165, 1.54) is 6.07 Å². The Kier molecular flexibility index (Phi) is 3.83. The van der Waals surface area contributed by atoms with E-state index in [-0.39, 0.29) is 23.4 Å². The van der Waals surface area contributed by atoms with Gasteiger partial charge in [0.25, 0.3) is 5.56 Å². The predicted octanol–water partition coefficient (Wildman–Crippen LogP) is 0.647. The second kappa shape index (κ2) is 5.84. The molecular weight excluding hydrogens is 337 g/mol. The van der Waals surface area contributed by atoms with Gasteiger partial charge in [-0.2, -0.15) is 4.68 Å². The number of nitrogens with zero attached hydrogens (tertiary/aromatic N) is 3. The molecule has 1 aromatic heterocycles. The lowest BCUT2D eigenvalue weighted by Gasteiger charge is -2.24. The topological polar surface area (TPSA) is 99.3 Å². The molecule has 2 aliphatic rings. The summed E-state index contributed by atoms with van der Waals surface area (Å²) in [5.74, 6) is 5.35. The highest BCUT2D eigenvalue weighted by Gasteiger charge is 2.32. The molecule has 2 fully saturated rings. The van der Waals surface area contributed by atoms with Crippen molar-refractivity contribution in [3.8, 4) is 0 Å². The number of nitrogen functional groups attached to an aromatic ring is 1. The highest BCUT2D eigenvalue weighted by Crippen LogP contribution is 2.39. The van der Waals surface area contributed by atoms with E-state index in [0.29, 0.717) is 34.5 Å². The number of fused-ring (bicyclic) bond motifs is 1. The van der Waals surface area contributed by atoms with E-state index in [4.69, 9.17) is 11.6 Å². The Hall–Kier alpha value is -2.35. The fourth-order valence-electron chi connectivity index (χ4n) is 4.06. The normalized spacial score (nSPS) is 21.5. The summed E-state index contributed by atoms with van der Waals surface area (Å²) >= 11 is 0. The molecule has 1 aliphatic carbocycles. The minimum atomic E-state index is -0.672. The molecule has 8 heteroatoms. The van der Waals surface area contributed by atoms with Gasteiger partial charge in [-0.25, -0.2) is 9.18 Å². The van der Waals surface area contributed by atoms with E-state index >= 15 is 0 Å². The first-order chi connectivity index (χ1) is 12.3. The maximum atomic E-state index is 15.0. The molecular formula is C18H23FN5O2. The van der Waals surface area contributed by atoms with Crippen molar-refractivity contribution in [3.63, 3.8) is 0 Å². The van der Waals surface area contributed by atoms with Gasteiger partial charge in [-0.15, -0.1) is 0 Å². The molecule has 1 saturated carbocycles. The summed E-state index contributed by atoms with van der Waals surface area (Å²) in [6.07, 6.45) is 2.53. The summed E-state index contributed by atoms with van der Waals surface area (Å²) in [5.41, 5.74) is 6.20. The van der Waals surface area contributed by atoms with Gasteiger partial charge < -0.3 is 16.5 Å². The minimum absolute atomic E-state index is 0.0111. The third-order valence-corrected chi connectivity index (χ3v) is 5.62. The predicted molar refractivity (Wildman–Crippen MR) is 99.2 cm³/mol. The van der Waals surface area contributed by atoms with Crippen molar-refractivity contribution < 1.29 is 4.39 Å². The first-order valence-corrected chi connectivity index (χ1v) is 8.90. The van der Waals surface area contributed by atoms with Crippen molar-refractivity contribution in [3.05, 3.63) is 45.2 Å². The largest absolute Gasteiger partial charge is 0.369 e. The average molecular weight is 360 g/mol. The van der Waals surface area contributed by atoms with E-state index in [1.807, 2.05) is 4.90 Å². The van der Waals surface area contributed by atoms with Crippen LogP contribution in [-0.4, -0.2) is 28.4 Å². The van der Waals surface area contributed by atoms with Gasteiger partial charge >= 0.3 is 5.69 Å². The Morgan fingerprint density at radius 2 is 2.00 bits per heavy atom. The SMILES string of the molecule is [CH2][C@H](N)[C@@H]1CCN(c2c(F)cc3c(=O)n(N)c(=O)n(C4CC4)c3c2C)C1. The zero-order valence-corrected chi connectivity index (χ0v) is 14.7. The molecule has 0 amide bonds. The molecule has 1 aromatic carbocycles. The summed E-state index contributed by atoms with van der Waals surface area (Å²) in [6.45, 7) is 6.91. The van der Waals surface area contributed by atoms with Gasteiger partial charge in [0.05, 0.1) is 16.6 Å². The molecule has 2 heterocycles. The van der Waals surface area contributed by atoms with Crippen LogP contribution in [0.4, 0.5) is 10.1 Å². The second-order valence-corrected chi connectivity index (χ2v) is 7.45. The Balaban J connectivity index is 1.97. The van der Waals surface area contributed by atoms with Crippen LogP contribution in [0.15, 0.2) is 15.7 Å². The van der Waals surface area contributed by atoms with E-state index in [2.05, 4.69) is 6.92 Å². The van der Waals surface area contributed by atoms with Gasteiger partial charge in [0.2, 0.25) is 0 Å². The second-order valence-electron chi connectivity index (χ2n) is 7.45. The first kappa shape index (κ1) is 17.1. The molecule has 4 N–H and O–H groups in total. The number of rotatable bonds is 3. The lowest BCUT2D eigenvalue weighted by molar-refractivity contribution is 0.520. The third-order valence-electron chi connectivity index (χ3n) is 5.62. The monoisotopic (exact) mass is 360 g/mol. The minimum Gasteiger partial charge on any atom is -0.369 e. The molecule has 1 saturated heterocycles. The zero-order valence-electron chi connectivity index (χ0n) is 14.7. The molecule has 0 unspecified atom stereocenters. The van der Waals surface area contributed by atoms with E-state index in [0.717, 1.165) is 19.3 Å². The fourth-order valence-corrected chi connectivity index (χ4v) is 4.06. The van der Waals surface area contributed by atoms with E-state index in [1.54, 1.807) is 11.5 Å². The van der Waals surface area contributed by atoms with Crippen molar-refractivity contribution in [1.29, 1.82) is 0 Å². The number of halogens is 1. The fraction of sp³-hybridized carbons (Fsp3) is 0.500. The number of benzene rings is 1. The number of aromatic nitrogens is 2. The van der Waals surface area contributed by atoms with Gasteiger partial charge in [-0.1, -0.05) is 0 Å². The Bertz CT molecular complexity index is 1010. The van der Waals surface area contributed by atoms with Crippen molar-refractivity contribution in [1.82, 2.24) is 9.24 Å². The maximum Gasteiger partial charge on any atom is 0.350 e. The molecule has 26 heavy (non-hydrogen) atoms. The van der Waals surface area contributed by atoms with Crippen molar-refractivity contribution in [2.75, 3.05) is 23.8 Å². The summed E-state index contributed by atoms with van der Waals surface area (Å²) in [5, 5.41) is 0.141. The van der Waals surface area contributed by atoms with Crippen LogP contribution < -0.4 is 27.7 Å². The zero-order chi connectivity index (χ0) is 18.7. The quantitative estimate of drug-likeness (QED) is 0.783. The van der Waals surface area contributed by atoms with E-state index in [9.17, 15) is 14.0 Å². The van der Waals surface area contributed by atoms with Gasteiger partial charge in [0, 0.05) is 30.7 Å². The summed E-state index contributed by atoms with van der Waals surface area (Å²) in [6, 6.07) is 1.01. The molecule has 4 rings (SSSR count). The lowest BCUT2D eigenvalue weighted by Crippen LogP contribution is -2.44. The van der Waals surface area contributed by atoms with Crippen molar-refractivity contribution in [2.45, 2.75) is 38.3 Å². The molecule has 0 bridgehead atoms.